The van der Waals surface area contributed by atoms with Crippen LogP contribution in [0.5, 0.6) is 23.0 Å². The molecule has 2 unspecified atom stereocenters. The Hall–Kier alpha value is -10.6. The van der Waals surface area contributed by atoms with Crippen LogP contribution in [0.25, 0.3) is 45.5 Å². The first-order chi connectivity index (χ1) is 40.8. The number of benzene rings is 12. The van der Waals surface area contributed by atoms with Crippen LogP contribution in [0.15, 0.2) is 298 Å². The molecule has 2 atom stereocenters. The van der Waals surface area contributed by atoms with Gasteiger partial charge in [-0.25, -0.2) is 8.78 Å². The second-order valence-corrected chi connectivity index (χ2v) is 21.1. The molecule has 0 saturated carbocycles. The molecular formula is C78H53F2NO2. The first-order valence-corrected chi connectivity index (χ1v) is 27.8. The quantitative estimate of drug-likeness (QED) is 0.108. The predicted octanol–water partition coefficient (Wildman–Crippen LogP) is 20.7. The number of fused-ring (bicyclic) bond motifs is 6. The van der Waals surface area contributed by atoms with E-state index in [2.05, 4.69) is 164 Å². The van der Waals surface area contributed by atoms with Crippen LogP contribution < -0.4 is 14.4 Å². The van der Waals surface area contributed by atoms with Crippen molar-refractivity contribution in [2.45, 2.75) is 10.8 Å². The summed E-state index contributed by atoms with van der Waals surface area (Å²) in [5, 5.41) is 0. The third-order valence-electron chi connectivity index (χ3n) is 16.6. The summed E-state index contributed by atoms with van der Waals surface area (Å²) in [4.78, 5) is 2.28. The molecule has 12 aromatic rings. The summed E-state index contributed by atoms with van der Waals surface area (Å²) < 4.78 is 47.3. The lowest BCUT2D eigenvalue weighted by molar-refractivity contribution is 0.482. The summed E-state index contributed by atoms with van der Waals surface area (Å²) in [6.07, 6.45) is 3.61. The van der Waals surface area contributed by atoms with Gasteiger partial charge >= 0.3 is 0 Å². The Bertz CT molecular complexity index is 4180. The zero-order chi connectivity index (χ0) is 56.1. The molecule has 14 rings (SSSR count). The van der Waals surface area contributed by atoms with Gasteiger partial charge in [0.25, 0.3) is 0 Å². The number of rotatable bonds is 14. The van der Waals surface area contributed by atoms with Crippen LogP contribution in [-0.4, -0.2) is 0 Å². The molecule has 0 spiro atoms. The van der Waals surface area contributed by atoms with Crippen molar-refractivity contribution in [2.24, 2.45) is 0 Å². The predicted molar refractivity (Wildman–Crippen MR) is 334 cm³/mol. The lowest BCUT2D eigenvalue weighted by Gasteiger charge is -2.36. The van der Waals surface area contributed by atoms with Gasteiger partial charge in [0.2, 0.25) is 0 Å². The number of nitrogens with zero attached hydrogens (tertiary/aromatic N) is 1. The van der Waals surface area contributed by atoms with E-state index in [1.165, 1.54) is 0 Å². The highest BCUT2D eigenvalue weighted by Gasteiger charge is 2.50. The van der Waals surface area contributed by atoms with Gasteiger partial charge in [0, 0.05) is 28.2 Å². The van der Waals surface area contributed by atoms with E-state index >= 15 is 8.78 Å². The first-order valence-electron chi connectivity index (χ1n) is 27.8. The zero-order valence-corrected chi connectivity index (χ0v) is 45.2. The fourth-order valence-electron chi connectivity index (χ4n) is 12.9. The number of ether oxygens (including phenoxy) is 2. The first kappa shape index (κ1) is 50.6. The van der Waals surface area contributed by atoms with Crippen molar-refractivity contribution < 1.29 is 18.3 Å². The third kappa shape index (κ3) is 8.47. The van der Waals surface area contributed by atoms with E-state index in [1.54, 1.807) is 36.4 Å². The molecule has 396 valence electrons. The van der Waals surface area contributed by atoms with Crippen LogP contribution in [0.4, 0.5) is 25.8 Å². The highest BCUT2D eigenvalue weighted by atomic mass is 19.1. The van der Waals surface area contributed by atoms with E-state index in [0.29, 0.717) is 34.1 Å². The van der Waals surface area contributed by atoms with Crippen molar-refractivity contribution in [3.63, 3.8) is 0 Å². The Morgan fingerprint density at radius 3 is 1.05 bits per heavy atom. The fraction of sp³-hybridized carbons (Fsp3) is 0.0256. The molecule has 0 radical (unpaired) electrons. The monoisotopic (exact) mass is 1070 g/mol. The van der Waals surface area contributed by atoms with Crippen molar-refractivity contribution in [2.75, 3.05) is 4.90 Å². The maximum atomic E-state index is 17.2. The van der Waals surface area contributed by atoms with Crippen LogP contribution >= 0.6 is 0 Å². The van der Waals surface area contributed by atoms with E-state index in [1.807, 2.05) is 115 Å². The van der Waals surface area contributed by atoms with Crippen molar-refractivity contribution >= 4 is 29.2 Å². The molecule has 0 heterocycles. The lowest BCUT2D eigenvalue weighted by atomic mass is 9.67. The highest BCUT2D eigenvalue weighted by Crippen LogP contribution is 2.60. The van der Waals surface area contributed by atoms with Gasteiger partial charge in [-0.15, -0.1) is 0 Å². The Labute approximate surface area is 482 Å². The Kier molecular flexibility index (Phi) is 12.7. The summed E-state index contributed by atoms with van der Waals surface area (Å²) in [6, 6.07) is 94.9. The number of hydrogen-bond acceptors (Lipinski definition) is 3. The topological polar surface area (TPSA) is 21.7 Å². The van der Waals surface area contributed by atoms with Gasteiger partial charge in [-0.1, -0.05) is 213 Å². The minimum Gasteiger partial charge on any atom is -0.457 e. The second-order valence-electron chi connectivity index (χ2n) is 21.1. The highest BCUT2D eigenvalue weighted by molar-refractivity contribution is 5.92. The molecule has 0 N–H and O–H groups in total. The Morgan fingerprint density at radius 2 is 0.639 bits per heavy atom. The van der Waals surface area contributed by atoms with E-state index < -0.39 is 10.8 Å². The summed E-state index contributed by atoms with van der Waals surface area (Å²) in [5.41, 5.74) is 15.2. The minimum absolute atomic E-state index is 0.319. The van der Waals surface area contributed by atoms with Gasteiger partial charge < -0.3 is 14.4 Å². The van der Waals surface area contributed by atoms with Crippen LogP contribution in [-0.2, 0) is 10.8 Å². The van der Waals surface area contributed by atoms with Gasteiger partial charge in [-0.3, -0.25) is 0 Å². The molecule has 12 aromatic carbocycles. The zero-order valence-electron chi connectivity index (χ0n) is 45.2. The average molecular weight is 1070 g/mol. The molecule has 5 heteroatoms. The summed E-state index contributed by atoms with van der Waals surface area (Å²) in [7, 11) is 0. The van der Waals surface area contributed by atoms with Gasteiger partial charge in [0.15, 0.2) is 0 Å². The number of hydrogen-bond donors (Lipinski definition) is 0. The molecule has 83 heavy (non-hydrogen) atoms. The Balaban J connectivity index is 0.975. The molecule has 2 aliphatic carbocycles. The molecular weight excluding hydrogens is 1020 g/mol. The Morgan fingerprint density at radius 1 is 0.301 bits per heavy atom. The van der Waals surface area contributed by atoms with Gasteiger partial charge in [0.1, 0.15) is 34.6 Å². The molecule has 3 nitrogen and oxygen atoms in total. The lowest BCUT2D eigenvalue weighted by Crippen LogP contribution is -2.30. The number of anilines is 3. The fourth-order valence-corrected chi connectivity index (χ4v) is 12.9. The van der Waals surface area contributed by atoms with Gasteiger partial charge in [-0.05, 0) is 175 Å². The van der Waals surface area contributed by atoms with Gasteiger partial charge in [0.05, 0.1) is 10.8 Å². The largest absolute Gasteiger partial charge is 0.457 e. The molecule has 2 aliphatic rings. The molecule has 0 amide bonds. The van der Waals surface area contributed by atoms with E-state index in [4.69, 9.17) is 9.47 Å². The van der Waals surface area contributed by atoms with Crippen LogP contribution in [0, 0.1) is 11.6 Å². The summed E-state index contributed by atoms with van der Waals surface area (Å²) >= 11 is 0. The maximum absolute atomic E-state index is 17.2. The summed E-state index contributed by atoms with van der Waals surface area (Å²) in [6.45, 7) is 7.79. The molecule has 0 bridgehead atoms. The van der Waals surface area contributed by atoms with Crippen molar-refractivity contribution in [3.8, 4) is 56.4 Å². The molecule has 0 fully saturated rings. The van der Waals surface area contributed by atoms with Crippen LogP contribution in [0.3, 0.4) is 0 Å². The van der Waals surface area contributed by atoms with Crippen molar-refractivity contribution in [1.29, 1.82) is 0 Å². The van der Waals surface area contributed by atoms with Crippen LogP contribution in [0.2, 0.25) is 0 Å². The molecule has 0 aromatic heterocycles. The van der Waals surface area contributed by atoms with E-state index in [-0.39, 0.29) is 11.6 Å². The van der Waals surface area contributed by atoms with Crippen molar-refractivity contribution in [1.82, 2.24) is 0 Å². The van der Waals surface area contributed by atoms with E-state index in [9.17, 15) is 0 Å². The SMILES string of the molecule is C=Cc1ccc(Oc2ccc(C3(c4ccccc4F)c4ccccc4-c4ccc(N(c5ccc(-c6ccccc6)cc5)c5ccc6c(c5)C(c5ccc(Oc7ccc(C=C)cc7)cc5)(c5ccccc5F)c5ccccc5-6)cc43)cc2)cc1. The normalized spacial score (nSPS) is 15.3. The molecule has 0 aliphatic heterocycles. The maximum Gasteiger partial charge on any atom is 0.127 e. The third-order valence-corrected chi connectivity index (χ3v) is 16.6. The summed E-state index contributed by atoms with van der Waals surface area (Å²) in [5.74, 6) is 2.06. The minimum atomic E-state index is -1.11. The van der Waals surface area contributed by atoms with Gasteiger partial charge in [-0.2, -0.15) is 0 Å². The standard InChI is InChI=1S/C78H53F2NO2/c1-3-52-26-40-61(41-27-52)82-63-44-32-56(33-45-63)77(71-22-12-14-24-75(71)79)69-20-10-8-18-65(69)67-48-38-59(50-73(67)77)81(58-36-30-55(31-37-58)54-16-6-5-7-17-54)60-39-49-68-66-19-9-11-21-70(66)78(74(68)51-60,72-23-13-15-25-76(72)80)57-34-46-64(47-35-57)83-62-42-28-53(4-2)29-43-62/h3-51H,1-2H2. The average Bonchev–Trinajstić information content (AvgIpc) is 3.68. The second kappa shape index (κ2) is 20.8. The van der Waals surface area contributed by atoms with Crippen molar-refractivity contribution in [3.05, 3.63) is 366 Å². The smallest absolute Gasteiger partial charge is 0.127 e. The van der Waals surface area contributed by atoms with Crippen LogP contribution in [0.1, 0.15) is 55.6 Å². The van der Waals surface area contributed by atoms with E-state index in [0.717, 1.165) is 95.0 Å². The number of halogens is 2. The molecule has 0 saturated heterocycles.